The lowest BCUT2D eigenvalue weighted by Gasteiger charge is -2.17. The quantitative estimate of drug-likeness (QED) is 0.223. The highest BCUT2D eigenvalue weighted by Gasteiger charge is 2.21. The fourth-order valence-corrected chi connectivity index (χ4v) is 7.11. The van der Waals surface area contributed by atoms with Gasteiger partial charge in [0.1, 0.15) is 12.4 Å². The van der Waals surface area contributed by atoms with Crippen LogP contribution in [0.4, 0.5) is 0 Å². The Morgan fingerprint density at radius 2 is 1.50 bits per heavy atom. The van der Waals surface area contributed by atoms with Crippen LogP contribution in [-0.4, -0.2) is 77.2 Å². The van der Waals surface area contributed by atoms with E-state index in [9.17, 15) is 4.79 Å². The topological polar surface area (TPSA) is 107 Å². The van der Waals surface area contributed by atoms with Gasteiger partial charge in [0.25, 0.3) is 5.91 Å². The molecule has 0 unspecified atom stereocenters. The zero-order chi connectivity index (χ0) is 31.1. The van der Waals surface area contributed by atoms with E-state index < -0.39 is 11.9 Å². The molecule has 0 spiro atoms. The second kappa shape index (κ2) is 14.5. The Hall–Kier alpha value is -4.21. The minimum Gasteiger partial charge on any atom is -0.492 e. The van der Waals surface area contributed by atoms with Crippen LogP contribution in [0, 0.1) is 6.92 Å². The van der Waals surface area contributed by atoms with Crippen molar-refractivity contribution in [1.29, 1.82) is 0 Å². The van der Waals surface area contributed by atoms with Crippen molar-refractivity contribution in [3.63, 3.8) is 0 Å². The predicted molar refractivity (Wildman–Crippen MR) is 173 cm³/mol. The standard InChI is InChI=1S/C33H36N2O2S.C2H2O4/c1-24-22-25(10-15-28(24)33(36)35-18-6-7-19-35)23-30-29-8-2-3-9-31(29)38-32(30)26-11-13-27(14-12-26)37-21-20-34-16-4-5-17-34;3-1(4)2(5)6/h2-3,8-15,22H,4-7,16-21,23H2,1H3;(H,3,4)(H,5,6). The molecule has 230 valence electrons. The molecule has 4 aromatic rings. The molecular weight excluding hydrogens is 576 g/mol. The number of carbonyl (C=O) groups excluding carboxylic acids is 1. The highest BCUT2D eigenvalue weighted by atomic mass is 32.1. The molecule has 3 aromatic carbocycles. The molecule has 44 heavy (non-hydrogen) atoms. The number of carboxylic acid groups (broad SMARTS) is 2. The number of nitrogens with zero attached hydrogens (tertiary/aromatic N) is 2. The number of aryl methyl sites for hydroxylation is 1. The summed E-state index contributed by atoms with van der Waals surface area (Å²) >= 11 is 1.86. The van der Waals surface area contributed by atoms with E-state index in [1.165, 1.54) is 57.6 Å². The van der Waals surface area contributed by atoms with Crippen LogP contribution in [0.3, 0.4) is 0 Å². The summed E-state index contributed by atoms with van der Waals surface area (Å²) in [6, 6.07) is 23.7. The molecule has 0 aliphatic carbocycles. The fourth-order valence-electron chi connectivity index (χ4n) is 5.88. The lowest BCUT2D eigenvalue weighted by Crippen LogP contribution is -2.28. The van der Waals surface area contributed by atoms with E-state index >= 15 is 0 Å². The van der Waals surface area contributed by atoms with Crippen LogP contribution in [-0.2, 0) is 16.0 Å². The van der Waals surface area contributed by atoms with Crippen molar-refractivity contribution >= 4 is 39.3 Å². The average Bonchev–Trinajstić information content (AvgIpc) is 3.80. The van der Waals surface area contributed by atoms with Crippen molar-refractivity contribution in [3.05, 3.63) is 89.0 Å². The van der Waals surface area contributed by atoms with E-state index in [1.54, 1.807) is 0 Å². The molecule has 1 amide bonds. The number of carboxylic acids is 2. The largest absolute Gasteiger partial charge is 0.492 e. The Labute approximate surface area is 261 Å². The zero-order valence-corrected chi connectivity index (χ0v) is 25.8. The summed E-state index contributed by atoms with van der Waals surface area (Å²) in [6.07, 6.45) is 5.69. The van der Waals surface area contributed by atoms with Gasteiger partial charge in [-0.25, -0.2) is 9.59 Å². The molecule has 8 nitrogen and oxygen atoms in total. The number of amides is 1. The summed E-state index contributed by atoms with van der Waals surface area (Å²) in [5.74, 6) is -2.54. The number of likely N-dealkylation sites (tertiary alicyclic amines) is 2. The summed E-state index contributed by atoms with van der Waals surface area (Å²) in [7, 11) is 0. The third kappa shape index (κ3) is 7.65. The molecule has 6 rings (SSSR count). The monoisotopic (exact) mass is 614 g/mol. The molecule has 0 bridgehead atoms. The summed E-state index contributed by atoms with van der Waals surface area (Å²) in [6.45, 7) is 7.98. The van der Waals surface area contributed by atoms with Crippen molar-refractivity contribution in [2.45, 2.75) is 39.0 Å². The maximum absolute atomic E-state index is 13.0. The van der Waals surface area contributed by atoms with Gasteiger partial charge in [0.15, 0.2) is 0 Å². The molecule has 1 aromatic heterocycles. The number of ether oxygens (including phenoxy) is 1. The number of fused-ring (bicyclic) bond motifs is 1. The number of rotatable bonds is 8. The van der Waals surface area contributed by atoms with Crippen LogP contribution < -0.4 is 4.74 Å². The van der Waals surface area contributed by atoms with Gasteiger partial charge in [-0.3, -0.25) is 9.69 Å². The lowest BCUT2D eigenvalue weighted by atomic mass is 9.96. The smallest absolute Gasteiger partial charge is 0.414 e. The van der Waals surface area contributed by atoms with Gasteiger partial charge in [-0.1, -0.05) is 30.3 Å². The third-order valence-corrected chi connectivity index (χ3v) is 9.43. The van der Waals surface area contributed by atoms with Crippen LogP contribution >= 0.6 is 11.3 Å². The summed E-state index contributed by atoms with van der Waals surface area (Å²) in [5.41, 5.74) is 5.73. The summed E-state index contributed by atoms with van der Waals surface area (Å²) in [4.78, 5) is 37.0. The minimum absolute atomic E-state index is 0.177. The number of benzene rings is 3. The molecule has 3 heterocycles. The van der Waals surface area contributed by atoms with Crippen LogP contribution in [0.1, 0.15) is 52.7 Å². The molecule has 2 aliphatic heterocycles. The Morgan fingerprint density at radius 3 is 2.16 bits per heavy atom. The number of aliphatic carboxylic acids is 2. The van der Waals surface area contributed by atoms with Gasteiger partial charge < -0.3 is 19.8 Å². The van der Waals surface area contributed by atoms with Gasteiger partial charge in [0.05, 0.1) is 0 Å². The molecule has 2 aliphatic rings. The summed E-state index contributed by atoms with van der Waals surface area (Å²) in [5, 5.41) is 16.1. The molecule has 9 heteroatoms. The van der Waals surface area contributed by atoms with Crippen molar-refractivity contribution in [2.24, 2.45) is 0 Å². The first-order chi connectivity index (χ1) is 21.3. The molecule has 2 N–H and O–H groups in total. The highest BCUT2D eigenvalue weighted by Crippen LogP contribution is 2.40. The van der Waals surface area contributed by atoms with E-state index in [2.05, 4.69) is 72.5 Å². The minimum atomic E-state index is -1.82. The van der Waals surface area contributed by atoms with E-state index in [4.69, 9.17) is 24.5 Å². The van der Waals surface area contributed by atoms with E-state index in [0.29, 0.717) is 0 Å². The first-order valence-electron chi connectivity index (χ1n) is 15.1. The first kappa shape index (κ1) is 31.2. The van der Waals surface area contributed by atoms with E-state index in [-0.39, 0.29) is 5.91 Å². The van der Waals surface area contributed by atoms with Gasteiger partial charge in [-0.15, -0.1) is 11.3 Å². The Kier molecular flexibility index (Phi) is 10.3. The van der Waals surface area contributed by atoms with Crippen molar-refractivity contribution < 1.29 is 29.3 Å². The van der Waals surface area contributed by atoms with E-state index in [0.717, 1.165) is 62.4 Å². The molecule has 0 radical (unpaired) electrons. The van der Waals surface area contributed by atoms with Gasteiger partial charge in [-0.05, 0) is 116 Å². The van der Waals surface area contributed by atoms with Gasteiger partial charge in [0, 0.05) is 34.8 Å². The van der Waals surface area contributed by atoms with Crippen molar-refractivity contribution in [2.75, 3.05) is 39.3 Å². The van der Waals surface area contributed by atoms with Crippen LogP contribution in [0.2, 0.25) is 0 Å². The second-order valence-electron chi connectivity index (χ2n) is 11.3. The second-order valence-corrected chi connectivity index (χ2v) is 12.3. The Bertz CT molecular complexity index is 1610. The number of thiophene rings is 1. The highest BCUT2D eigenvalue weighted by molar-refractivity contribution is 7.22. The first-order valence-corrected chi connectivity index (χ1v) is 15.9. The third-order valence-electron chi connectivity index (χ3n) is 8.17. The molecule has 0 atom stereocenters. The number of hydrogen-bond donors (Lipinski definition) is 2. The van der Waals surface area contributed by atoms with Crippen LogP contribution in [0.5, 0.6) is 5.75 Å². The molecule has 0 saturated carbocycles. The zero-order valence-electron chi connectivity index (χ0n) is 25.0. The predicted octanol–water partition coefficient (Wildman–Crippen LogP) is 6.33. The van der Waals surface area contributed by atoms with Crippen LogP contribution in [0.25, 0.3) is 20.5 Å². The number of hydrogen-bond acceptors (Lipinski definition) is 6. The average molecular weight is 615 g/mol. The Morgan fingerprint density at radius 1 is 0.841 bits per heavy atom. The number of carbonyl (C=O) groups is 3. The Balaban J connectivity index is 0.000000584. The summed E-state index contributed by atoms with van der Waals surface area (Å²) < 4.78 is 7.36. The fraction of sp³-hybridized carbons (Fsp3) is 0.343. The molecule has 2 saturated heterocycles. The lowest BCUT2D eigenvalue weighted by molar-refractivity contribution is -0.159. The normalized spacial score (nSPS) is 14.8. The van der Waals surface area contributed by atoms with E-state index in [1.807, 2.05) is 22.3 Å². The molecular formula is C35H38N2O6S. The van der Waals surface area contributed by atoms with Gasteiger partial charge >= 0.3 is 11.9 Å². The van der Waals surface area contributed by atoms with Gasteiger partial charge in [-0.2, -0.15) is 0 Å². The molecule has 2 fully saturated rings. The van der Waals surface area contributed by atoms with Gasteiger partial charge in [0.2, 0.25) is 0 Å². The van der Waals surface area contributed by atoms with Crippen LogP contribution in [0.15, 0.2) is 66.7 Å². The SMILES string of the molecule is Cc1cc(Cc2c(-c3ccc(OCCN4CCCC4)cc3)sc3ccccc23)ccc1C(=O)N1CCCC1.O=C(O)C(=O)O. The van der Waals surface area contributed by atoms with Crippen molar-refractivity contribution in [1.82, 2.24) is 9.80 Å². The maximum atomic E-state index is 13.0. The van der Waals surface area contributed by atoms with Crippen molar-refractivity contribution in [3.8, 4) is 16.2 Å². The maximum Gasteiger partial charge on any atom is 0.414 e.